The molecule has 0 saturated carbocycles. The molecule has 7 heteroatoms. The quantitative estimate of drug-likeness (QED) is 0.403. The number of carbonyl (C=O) groups excluding carboxylic acids is 1. The molecule has 88 valence electrons. The van der Waals surface area contributed by atoms with Gasteiger partial charge in [0.1, 0.15) is 0 Å². The predicted molar refractivity (Wildman–Crippen MR) is 56.7 cm³/mol. The Labute approximate surface area is 93.4 Å². The van der Waals surface area contributed by atoms with Gasteiger partial charge in [0, 0.05) is 24.5 Å². The summed E-state index contributed by atoms with van der Waals surface area (Å²) in [6.07, 6.45) is 0.597. The predicted octanol–water partition coefficient (Wildman–Crippen LogP) is -0.114. The van der Waals surface area contributed by atoms with Crippen LogP contribution in [0, 0.1) is 0 Å². The zero-order valence-electron chi connectivity index (χ0n) is 9.00. The molecule has 2 atom stereocenters. The molecule has 0 radical (unpaired) electrons. The molecule has 2 saturated heterocycles. The van der Waals surface area contributed by atoms with Gasteiger partial charge in [0.25, 0.3) is 0 Å². The average molecular weight is 225 g/mol. The second-order valence-corrected chi connectivity index (χ2v) is 3.99. The maximum absolute atomic E-state index is 12.0. The molecule has 7 nitrogen and oxygen atoms in total. The van der Waals surface area contributed by atoms with Gasteiger partial charge in [0.05, 0.1) is 25.3 Å². The molecule has 1 amide bonds. The van der Waals surface area contributed by atoms with Crippen molar-refractivity contribution in [3.05, 3.63) is 10.4 Å². The van der Waals surface area contributed by atoms with E-state index in [0.717, 1.165) is 0 Å². The summed E-state index contributed by atoms with van der Waals surface area (Å²) in [5, 5.41) is 6.72. The Morgan fingerprint density at radius 1 is 1.50 bits per heavy atom. The molecule has 2 aliphatic rings. The number of morpholine rings is 1. The first kappa shape index (κ1) is 11.2. The number of nitrogens with zero attached hydrogens (tertiary/aromatic N) is 4. The highest BCUT2D eigenvalue weighted by molar-refractivity contribution is 5.82. The third kappa shape index (κ3) is 2.44. The van der Waals surface area contributed by atoms with Crippen LogP contribution in [0.3, 0.4) is 0 Å². The number of amides is 1. The normalized spacial score (nSPS) is 29.9. The largest absolute Gasteiger partial charge is 0.378 e. The number of carbonyl (C=O) groups is 1. The lowest BCUT2D eigenvalue weighted by atomic mass is 10.1. The van der Waals surface area contributed by atoms with Crippen molar-refractivity contribution in [2.75, 3.05) is 32.8 Å². The first-order valence-corrected chi connectivity index (χ1v) is 5.45. The molecule has 0 bridgehead atoms. The SMILES string of the molecule is [N-]=[N+]=N[C@@H]1CN[C@H](C(=O)N2CCOCC2)C1. The van der Waals surface area contributed by atoms with Crippen LogP contribution in [0.25, 0.3) is 10.4 Å². The Morgan fingerprint density at radius 3 is 2.94 bits per heavy atom. The van der Waals surface area contributed by atoms with Crippen LogP contribution < -0.4 is 5.32 Å². The summed E-state index contributed by atoms with van der Waals surface area (Å²) in [5.74, 6) is 0.0962. The molecule has 0 aromatic carbocycles. The van der Waals surface area contributed by atoms with Gasteiger partial charge in [-0.2, -0.15) is 0 Å². The molecule has 1 N–H and O–H groups in total. The van der Waals surface area contributed by atoms with Crippen molar-refractivity contribution in [3.63, 3.8) is 0 Å². The van der Waals surface area contributed by atoms with Crippen molar-refractivity contribution in [3.8, 4) is 0 Å². The van der Waals surface area contributed by atoms with E-state index in [9.17, 15) is 4.79 Å². The van der Waals surface area contributed by atoms with E-state index in [-0.39, 0.29) is 18.0 Å². The van der Waals surface area contributed by atoms with Gasteiger partial charge in [-0.3, -0.25) is 4.79 Å². The van der Waals surface area contributed by atoms with Crippen LogP contribution in [0.4, 0.5) is 0 Å². The first-order chi connectivity index (χ1) is 7.81. The summed E-state index contributed by atoms with van der Waals surface area (Å²) in [7, 11) is 0. The van der Waals surface area contributed by atoms with E-state index in [2.05, 4.69) is 15.3 Å². The molecule has 2 aliphatic heterocycles. The Balaban J connectivity index is 1.88. The minimum atomic E-state index is -0.200. The summed E-state index contributed by atoms with van der Waals surface area (Å²) < 4.78 is 5.19. The van der Waals surface area contributed by atoms with Gasteiger partial charge >= 0.3 is 0 Å². The molecule has 0 unspecified atom stereocenters. The zero-order valence-corrected chi connectivity index (χ0v) is 9.00. The lowest BCUT2D eigenvalue weighted by Crippen LogP contribution is -2.48. The van der Waals surface area contributed by atoms with Crippen LogP contribution >= 0.6 is 0 Å². The smallest absolute Gasteiger partial charge is 0.239 e. The maximum atomic E-state index is 12.0. The van der Waals surface area contributed by atoms with Gasteiger partial charge in [-0.1, -0.05) is 5.11 Å². The molecule has 0 aromatic rings. The van der Waals surface area contributed by atoms with Crippen molar-refractivity contribution >= 4 is 5.91 Å². The lowest BCUT2D eigenvalue weighted by molar-refractivity contribution is -0.137. The number of rotatable bonds is 2. The van der Waals surface area contributed by atoms with E-state index < -0.39 is 0 Å². The molecule has 0 aromatic heterocycles. The van der Waals surface area contributed by atoms with Crippen LogP contribution in [-0.2, 0) is 9.53 Å². The van der Waals surface area contributed by atoms with Crippen LogP contribution in [0.5, 0.6) is 0 Å². The van der Waals surface area contributed by atoms with Crippen LogP contribution in [0.15, 0.2) is 5.11 Å². The molecule has 2 heterocycles. The second-order valence-electron chi connectivity index (χ2n) is 3.99. The van der Waals surface area contributed by atoms with Crippen molar-refractivity contribution in [2.24, 2.45) is 5.11 Å². The van der Waals surface area contributed by atoms with Gasteiger partial charge < -0.3 is 15.0 Å². The fourth-order valence-corrected chi connectivity index (χ4v) is 2.07. The maximum Gasteiger partial charge on any atom is 0.239 e. The minimum absolute atomic E-state index is 0.0962. The van der Waals surface area contributed by atoms with E-state index in [1.165, 1.54) is 0 Å². The summed E-state index contributed by atoms with van der Waals surface area (Å²) in [6.45, 7) is 3.12. The second kappa shape index (κ2) is 5.16. The van der Waals surface area contributed by atoms with Crippen molar-refractivity contribution < 1.29 is 9.53 Å². The first-order valence-electron chi connectivity index (χ1n) is 5.45. The number of hydrogen-bond donors (Lipinski definition) is 1. The number of ether oxygens (including phenoxy) is 1. The summed E-state index contributed by atoms with van der Waals surface area (Å²) in [4.78, 5) is 16.6. The highest BCUT2D eigenvalue weighted by Gasteiger charge is 2.32. The van der Waals surface area contributed by atoms with Crippen molar-refractivity contribution in [1.82, 2.24) is 10.2 Å². The summed E-state index contributed by atoms with van der Waals surface area (Å²) >= 11 is 0. The number of hydrogen-bond acceptors (Lipinski definition) is 4. The van der Waals surface area contributed by atoms with Crippen molar-refractivity contribution in [2.45, 2.75) is 18.5 Å². The third-order valence-corrected chi connectivity index (χ3v) is 2.94. The van der Waals surface area contributed by atoms with Gasteiger partial charge in [-0.25, -0.2) is 0 Å². The number of nitrogens with one attached hydrogen (secondary N) is 1. The lowest BCUT2D eigenvalue weighted by Gasteiger charge is -2.29. The monoisotopic (exact) mass is 225 g/mol. The highest BCUT2D eigenvalue weighted by atomic mass is 16.5. The topological polar surface area (TPSA) is 90.3 Å². The average Bonchev–Trinajstić information content (AvgIpc) is 2.78. The van der Waals surface area contributed by atoms with Crippen LogP contribution in [0.2, 0.25) is 0 Å². The fourth-order valence-electron chi connectivity index (χ4n) is 2.07. The van der Waals surface area contributed by atoms with E-state index in [1.54, 1.807) is 4.90 Å². The molecule has 2 fully saturated rings. The molecule has 16 heavy (non-hydrogen) atoms. The Hall–Kier alpha value is -1.30. The molecule has 0 aliphatic carbocycles. The standard InChI is InChI=1S/C9H15N5O2/c10-13-12-7-5-8(11-6-7)9(15)14-1-3-16-4-2-14/h7-8,11H,1-6H2/t7-,8-/m0/s1. The van der Waals surface area contributed by atoms with Gasteiger partial charge in [0.2, 0.25) is 5.91 Å². The van der Waals surface area contributed by atoms with Gasteiger partial charge in [0.15, 0.2) is 0 Å². The van der Waals surface area contributed by atoms with E-state index >= 15 is 0 Å². The van der Waals surface area contributed by atoms with Crippen LogP contribution in [-0.4, -0.2) is 55.7 Å². The highest BCUT2D eigenvalue weighted by Crippen LogP contribution is 2.13. The third-order valence-electron chi connectivity index (χ3n) is 2.94. The Kier molecular flexibility index (Phi) is 3.61. The van der Waals surface area contributed by atoms with E-state index in [4.69, 9.17) is 10.3 Å². The zero-order chi connectivity index (χ0) is 11.4. The molecule has 2 rings (SSSR count). The number of azide groups is 1. The summed E-state index contributed by atoms with van der Waals surface area (Å²) in [5.41, 5.74) is 8.32. The van der Waals surface area contributed by atoms with Crippen LogP contribution in [0.1, 0.15) is 6.42 Å². The van der Waals surface area contributed by atoms with Gasteiger partial charge in [-0.15, -0.1) is 0 Å². The van der Waals surface area contributed by atoms with Crippen molar-refractivity contribution in [1.29, 1.82) is 0 Å². The van der Waals surface area contributed by atoms with E-state index in [0.29, 0.717) is 39.3 Å². The fraction of sp³-hybridized carbons (Fsp3) is 0.889. The van der Waals surface area contributed by atoms with Gasteiger partial charge in [-0.05, 0) is 12.0 Å². The molecular weight excluding hydrogens is 210 g/mol. The Bertz CT molecular complexity index is 309. The minimum Gasteiger partial charge on any atom is -0.378 e. The Morgan fingerprint density at radius 2 is 2.25 bits per heavy atom. The van der Waals surface area contributed by atoms with E-state index in [1.807, 2.05) is 0 Å². The molecule has 0 spiro atoms. The summed E-state index contributed by atoms with van der Waals surface area (Å²) in [6, 6.07) is -0.298. The molecular formula is C9H15N5O2.